The predicted molar refractivity (Wildman–Crippen MR) is 122 cm³/mol. The number of amides is 1. The van der Waals surface area contributed by atoms with E-state index in [1.807, 2.05) is 44.4 Å². The van der Waals surface area contributed by atoms with Gasteiger partial charge in [0.1, 0.15) is 17.2 Å². The van der Waals surface area contributed by atoms with Gasteiger partial charge in [-0.05, 0) is 51.5 Å². The van der Waals surface area contributed by atoms with Crippen molar-refractivity contribution in [2.24, 2.45) is 0 Å². The lowest BCUT2D eigenvalue weighted by atomic mass is 9.98. The van der Waals surface area contributed by atoms with Gasteiger partial charge in [-0.1, -0.05) is 6.07 Å². The fraction of sp³-hybridized carbons (Fsp3) is 0.375. The summed E-state index contributed by atoms with van der Waals surface area (Å²) in [7, 11) is 0. The average Bonchev–Trinajstić information content (AvgIpc) is 3.13. The maximum Gasteiger partial charge on any atom is 0.410 e. The summed E-state index contributed by atoms with van der Waals surface area (Å²) < 4.78 is 21.2. The Morgan fingerprint density at radius 3 is 2.42 bits per heavy atom. The molecule has 3 heterocycles. The summed E-state index contributed by atoms with van der Waals surface area (Å²) in [5, 5.41) is 9.66. The molecule has 174 valence electrons. The zero-order valence-corrected chi connectivity index (χ0v) is 19.1. The molecule has 1 N–H and O–H groups in total. The Labute approximate surface area is 191 Å². The van der Waals surface area contributed by atoms with Crippen LogP contribution in [-0.2, 0) is 4.74 Å². The molecule has 1 aromatic carbocycles. The van der Waals surface area contributed by atoms with Crippen molar-refractivity contribution in [3.8, 4) is 11.1 Å². The summed E-state index contributed by atoms with van der Waals surface area (Å²) in [6, 6.07) is 5.68. The van der Waals surface area contributed by atoms with Crippen LogP contribution in [0.2, 0.25) is 0 Å². The van der Waals surface area contributed by atoms with Crippen molar-refractivity contribution >= 4 is 23.3 Å². The molecule has 0 aliphatic carbocycles. The zero-order valence-electron chi connectivity index (χ0n) is 19.1. The second-order valence-electron chi connectivity index (χ2n) is 9.12. The number of carbonyl (C=O) groups excluding carboxylic acids is 1. The fourth-order valence-electron chi connectivity index (χ4n) is 4.00. The average molecular weight is 455 g/mol. The van der Waals surface area contributed by atoms with Crippen LogP contribution in [0.25, 0.3) is 16.6 Å². The zero-order chi connectivity index (χ0) is 23.9. The van der Waals surface area contributed by atoms with Gasteiger partial charge in [0.2, 0.25) is 0 Å². The molecule has 0 spiro atoms. The molecule has 9 heteroatoms. The molecule has 2 aromatic heterocycles. The minimum atomic E-state index is -1.20. The normalized spacial score (nSPS) is 14.6. The first-order valence-electron chi connectivity index (χ1n) is 10.8. The summed E-state index contributed by atoms with van der Waals surface area (Å²) >= 11 is 0. The molecular weight excluding hydrogens is 427 g/mol. The first-order valence-corrected chi connectivity index (χ1v) is 10.8. The largest absolute Gasteiger partial charge is 0.478 e. The van der Waals surface area contributed by atoms with E-state index in [-0.39, 0.29) is 11.7 Å². The molecule has 1 amide bonds. The number of ether oxygens (including phenoxy) is 1. The number of carboxylic acids is 1. The molecule has 3 aromatic rings. The van der Waals surface area contributed by atoms with Crippen LogP contribution in [0.5, 0.6) is 0 Å². The molecule has 1 aliphatic heterocycles. The van der Waals surface area contributed by atoms with Crippen LogP contribution in [0.4, 0.5) is 14.9 Å². The number of piperazine rings is 1. The number of rotatable bonds is 3. The van der Waals surface area contributed by atoms with E-state index in [0.29, 0.717) is 37.3 Å². The topological polar surface area (TPSA) is 87.4 Å². The van der Waals surface area contributed by atoms with Crippen LogP contribution in [0, 0.1) is 12.7 Å². The fourth-order valence-corrected chi connectivity index (χ4v) is 4.00. The number of carbonyl (C=O) groups is 2. The van der Waals surface area contributed by atoms with E-state index < -0.39 is 17.4 Å². The van der Waals surface area contributed by atoms with E-state index in [2.05, 4.69) is 9.88 Å². The van der Waals surface area contributed by atoms with Crippen LogP contribution in [0.3, 0.4) is 0 Å². The number of benzene rings is 1. The van der Waals surface area contributed by atoms with Gasteiger partial charge >= 0.3 is 12.1 Å². The van der Waals surface area contributed by atoms with Gasteiger partial charge in [0.25, 0.3) is 0 Å². The number of aryl methyl sites for hydroxylation is 1. The number of pyridine rings is 1. The third kappa shape index (κ3) is 4.62. The molecule has 1 saturated heterocycles. The highest BCUT2D eigenvalue weighted by atomic mass is 19.1. The van der Waals surface area contributed by atoms with E-state index in [0.717, 1.165) is 23.1 Å². The van der Waals surface area contributed by atoms with Crippen LogP contribution in [0.15, 0.2) is 36.7 Å². The monoisotopic (exact) mass is 454 g/mol. The summed E-state index contributed by atoms with van der Waals surface area (Å²) in [6.07, 6.45) is 3.30. The quantitative estimate of drug-likeness (QED) is 0.638. The first kappa shape index (κ1) is 22.6. The number of aromatic carboxylic acids is 1. The Balaban J connectivity index is 1.68. The highest BCUT2D eigenvalue weighted by molar-refractivity contribution is 5.99. The minimum Gasteiger partial charge on any atom is -0.478 e. The lowest BCUT2D eigenvalue weighted by Crippen LogP contribution is -2.50. The van der Waals surface area contributed by atoms with Crippen molar-refractivity contribution in [1.82, 2.24) is 14.3 Å². The highest BCUT2D eigenvalue weighted by Gasteiger charge is 2.27. The molecule has 0 radical (unpaired) electrons. The maximum absolute atomic E-state index is 13.8. The van der Waals surface area contributed by atoms with Gasteiger partial charge in [0, 0.05) is 37.9 Å². The molecular formula is C24H27FN4O4. The second-order valence-corrected chi connectivity index (χ2v) is 9.12. The molecule has 4 rings (SSSR count). The first-order chi connectivity index (χ1) is 15.5. The smallest absolute Gasteiger partial charge is 0.410 e. The Morgan fingerprint density at radius 2 is 1.79 bits per heavy atom. The van der Waals surface area contributed by atoms with Gasteiger partial charge in [-0.25, -0.2) is 19.0 Å². The van der Waals surface area contributed by atoms with Crippen molar-refractivity contribution in [2.75, 3.05) is 31.1 Å². The number of anilines is 1. The van der Waals surface area contributed by atoms with E-state index in [1.54, 1.807) is 11.1 Å². The molecule has 0 saturated carbocycles. The van der Waals surface area contributed by atoms with Gasteiger partial charge in [0.05, 0.1) is 23.0 Å². The van der Waals surface area contributed by atoms with Gasteiger partial charge in [-0.15, -0.1) is 0 Å². The van der Waals surface area contributed by atoms with Crippen LogP contribution in [0.1, 0.15) is 37.0 Å². The number of aromatic nitrogens is 2. The number of imidazole rings is 1. The van der Waals surface area contributed by atoms with Crippen molar-refractivity contribution in [3.63, 3.8) is 0 Å². The van der Waals surface area contributed by atoms with Gasteiger partial charge < -0.3 is 24.0 Å². The van der Waals surface area contributed by atoms with E-state index >= 15 is 0 Å². The molecule has 8 nitrogen and oxygen atoms in total. The summed E-state index contributed by atoms with van der Waals surface area (Å²) in [4.78, 5) is 32.4. The maximum atomic E-state index is 13.8. The number of fused-ring (bicyclic) bond motifs is 1. The summed E-state index contributed by atoms with van der Waals surface area (Å²) in [6.45, 7) is 9.57. The lowest BCUT2D eigenvalue weighted by Gasteiger charge is -2.37. The Morgan fingerprint density at radius 1 is 1.09 bits per heavy atom. The van der Waals surface area contributed by atoms with E-state index in [9.17, 15) is 19.1 Å². The summed E-state index contributed by atoms with van der Waals surface area (Å²) in [5.74, 6) is -1.05. The highest BCUT2D eigenvalue weighted by Crippen LogP contribution is 2.33. The number of nitrogens with zero attached hydrogens (tertiary/aromatic N) is 4. The van der Waals surface area contributed by atoms with E-state index in [1.165, 1.54) is 12.1 Å². The molecule has 33 heavy (non-hydrogen) atoms. The van der Waals surface area contributed by atoms with Gasteiger partial charge in [-0.3, -0.25) is 0 Å². The van der Waals surface area contributed by atoms with Crippen molar-refractivity contribution in [1.29, 1.82) is 0 Å². The second kappa shape index (κ2) is 8.38. The molecule has 0 unspecified atom stereocenters. The molecule has 0 atom stereocenters. The van der Waals surface area contributed by atoms with Crippen LogP contribution < -0.4 is 4.90 Å². The number of carboxylic acid groups (broad SMARTS) is 1. The molecule has 0 bridgehead atoms. The van der Waals surface area contributed by atoms with Crippen molar-refractivity contribution < 1.29 is 23.8 Å². The Kier molecular flexibility index (Phi) is 5.73. The number of halogens is 1. The SMILES string of the molecule is Cc1ncc2c(-c3ccc(F)cc3C(=O)O)cc(N3CCN(C(=O)OC(C)(C)C)CC3)cn12. The predicted octanol–water partition coefficient (Wildman–Crippen LogP) is 4.20. The number of hydrogen-bond donors (Lipinski definition) is 1. The standard InChI is InChI=1S/C24H27FN4O4/c1-15-26-13-21-19(18-6-5-16(25)11-20(18)22(30)31)12-17(14-29(15)21)27-7-9-28(10-8-27)23(32)33-24(2,3)4/h5-6,11-14H,7-10H2,1-4H3,(H,30,31). The van der Waals surface area contributed by atoms with Crippen molar-refractivity contribution in [2.45, 2.75) is 33.3 Å². The third-order valence-corrected chi connectivity index (χ3v) is 5.61. The third-order valence-electron chi connectivity index (χ3n) is 5.61. The van der Waals surface area contributed by atoms with Crippen molar-refractivity contribution in [3.05, 3.63) is 53.9 Å². The summed E-state index contributed by atoms with van der Waals surface area (Å²) in [5.41, 5.74) is 2.01. The molecule has 1 aliphatic rings. The van der Waals surface area contributed by atoms with Crippen LogP contribution in [-0.4, -0.2) is 63.2 Å². The Hall–Kier alpha value is -3.62. The number of hydrogen-bond acceptors (Lipinski definition) is 5. The molecule has 1 fully saturated rings. The van der Waals surface area contributed by atoms with Gasteiger partial charge in [0.15, 0.2) is 0 Å². The van der Waals surface area contributed by atoms with E-state index in [4.69, 9.17) is 4.74 Å². The van der Waals surface area contributed by atoms with Gasteiger partial charge in [-0.2, -0.15) is 0 Å². The minimum absolute atomic E-state index is 0.109. The van der Waals surface area contributed by atoms with Crippen LogP contribution >= 0.6 is 0 Å². The lowest BCUT2D eigenvalue weighted by molar-refractivity contribution is 0.0240. The Bertz CT molecular complexity index is 1220.